The number of H-pyrrole nitrogens is 1. The first kappa shape index (κ1) is 14.9. The number of aliphatic hydroxyl groups is 3. The summed E-state index contributed by atoms with van der Waals surface area (Å²) in [5.74, 6) is 0. The smallest absolute Gasteiger partial charge is 0.351 e. The van der Waals surface area contributed by atoms with Gasteiger partial charge in [-0.05, 0) is 6.92 Å². The van der Waals surface area contributed by atoms with E-state index in [1.165, 1.54) is 12.4 Å². The van der Waals surface area contributed by atoms with Gasteiger partial charge in [0.25, 0.3) is 0 Å². The molecule has 0 aromatic carbocycles. The molecule has 22 heavy (non-hydrogen) atoms. The zero-order valence-corrected chi connectivity index (χ0v) is 11.6. The summed E-state index contributed by atoms with van der Waals surface area (Å²) in [6.07, 6.45) is -2.31. The molecule has 0 saturated carbocycles. The molecule has 0 aliphatic carbocycles. The summed E-state index contributed by atoms with van der Waals surface area (Å²) < 4.78 is 6.23. The second kappa shape index (κ2) is 5.29. The van der Waals surface area contributed by atoms with Crippen LogP contribution in [-0.2, 0) is 4.74 Å². The number of aromatic nitrogens is 3. The first-order chi connectivity index (χ1) is 10.4. The van der Waals surface area contributed by atoms with Gasteiger partial charge in [0.15, 0.2) is 11.7 Å². The molecule has 0 bridgehead atoms. The number of hydrogen-bond donors (Lipinski definition) is 4. The van der Waals surface area contributed by atoms with Crippen LogP contribution < -0.4 is 11.1 Å². The molecule has 4 N–H and O–H groups in total. The van der Waals surface area contributed by atoms with Crippen molar-refractivity contribution in [2.75, 3.05) is 6.61 Å². The third kappa shape index (κ3) is 2.15. The van der Waals surface area contributed by atoms with Crippen molar-refractivity contribution in [3.63, 3.8) is 0 Å². The molecule has 118 valence electrons. The highest BCUT2D eigenvalue weighted by Crippen LogP contribution is 2.28. The average Bonchev–Trinajstić information content (AvgIpc) is 2.79. The van der Waals surface area contributed by atoms with Gasteiger partial charge in [-0.15, -0.1) is 0 Å². The second-order valence-electron chi connectivity index (χ2n) is 5.22. The Kier molecular flexibility index (Phi) is 3.57. The van der Waals surface area contributed by atoms with Crippen molar-refractivity contribution in [3.8, 4) is 0 Å². The van der Waals surface area contributed by atoms with Gasteiger partial charge >= 0.3 is 5.69 Å². The molecule has 4 atom stereocenters. The minimum Gasteiger partial charge on any atom is -0.394 e. The lowest BCUT2D eigenvalue weighted by atomic mass is 10.1. The Balaban J connectivity index is 2.16. The predicted octanol–water partition coefficient (Wildman–Crippen LogP) is -2.00. The summed E-state index contributed by atoms with van der Waals surface area (Å²) in [6, 6.07) is 0. The van der Waals surface area contributed by atoms with Crippen LogP contribution in [0.25, 0.3) is 11.0 Å². The van der Waals surface area contributed by atoms with Gasteiger partial charge in [0.2, 0.25) is 0 Å². The number of hydrogen-bond acceptors (Lipinski definition) is 7. The fourth-order valence-corrected chi connectivity index (χ4v) is 2.49. The van der Waals surface area contributed by atoms with E-state index in [2.05, 4.69) is 9.97 Å². The van der Waals surface area contributed by atoms with Crippen LogP contribution in [0.2, 0.25) is 0 Å². The molecule has 0 spiro atoms. The molecule has 1 fully saturated rings. The number of nitrogens with one attached hydrogen (secondary N) is 1. The minimum absolute atomic E-state index is 0.128. The van der Waals surface area contributed by atoms with Crippen LogP contribution >= 0.6 is 0 Å². The lowest BCUT2D eigenvalue weighted by Gasteiger charge is -2.17. The maximum atomic E-state index is 12.1. The standard InChI is InChI=1S/C13H15N3O6/c1-5-2-14-11-6(8(5)18)3-16(13(21)15-11)12-10(20)9(19)7(4-17)22-12/h2-3,7,9-10,12,17,19-20H,4H2,1H3,(H,14,15,21)/t7-,9?,10+,12-/m1/s1. The van der Waals surface area contributed by atoms with E-state index < -0.39 is 36.8 Å². The molecule has 2 aromatic heterocycles. The number of aryl methyl sites for hydroxylation is 1. The Morgan fingerprint density at radius 1 is 1.36 bits per heavy atom. The van der Waals surface area contributed by atoms with Crippen molar-refractivity contribution in [1.82, 2.24) is 14.5 Å². The molecule has 0 amide bonds. The quantitative estimate of drug-likeness (QED) is 0.503. The molecule has 1 aliphatic heterocycles. The van der Waals surface area contributed by atoms with Gasteiger partial charge in [0.1, 0.15) is 24.0 Å². The summed E-state index contributed by atoms with van der Waals surface area (Å²) in [6.45, 7) is 1.10. The number of rotatable bonds is 2. The Labute approximate surface area is 123 Å². The molecule has 1 saturated heterocycles. The van der Waals surface area contributed by atoms with Crippen LogP contribution in [0.5, 0.6) is 0 Å². The third-order valence-corrected chi connectivity index (χ3v) is 3.77. The van der Waals surface area contributed by atoms with Crippen molar-refractivity contribution in [1.29, 1.82) is 0 Å². The van der Waals surface area contributed by atoms with E-state index in [0.717, 1.165) is 4.57 Å². The second-order valence-corrected chi connectivity index (χ2v) is 5.22. The lowest BCUT2D eigenvalue weighted by Crippen LogP contribution is -2.36. The number of pyridine rings is 1. The van der Waals surface area contributed by atoms with Crippen LogP contribution in [0.4, 0.5) is 0 Å². The Morgan fingerprint density at radius 2 is 2.09 bits per heavy atom. The van der Waals surface area contributed by atoms with Gasteiger partial charge in [0, 0.05) is 18.0 Å². The van der Waals surface area contributed by atoms with E-state index in [9.17, 15) is 19.8 Å². The van der Waals surface area contributed by atoms with E-state index >= 15 is 0 Å². The summed E-state index contributed by atoms with van der Waals surface area (Å²) >= 11 is 0. The van der Waals surface area contributed by atoms with Gasteiger partial charge < -0.3 is 25.0 Å². The third-order valence-electron chi connectivity index (χ3n) is 3.77. The van der Waals surface area contributed by atoms with Crippen LogP contribution in [0.15, 0.2) is 22.0 Å². The van der Waals surface area contributed by atoms with Crippen molar-refractivity contribution in [3.05, 3.63) is 38.7 Å². The first-order valence-electron chi connectivity index (χ1n) is 6.67. The number of ether oxygens (including phenoxy) is 1. The topological polar surface area (TPSA) is 138 Å². The number of aromatic amines is 1. The number of fused-ring (bicyclic) bond motifs is 1. The highest BCUT2D eigenvalue weighted by molar-refractivity contribution is 5.73. The van der Waals surface area contributed by atoms with Crippen LogP contribution in [-0.4, -0.2) is 54.8 Å². The molecule has 1 unspecified atom stereocenters. The minimum atomic E-state index is -1.42. The van der Waals surface area contributed by atoms with Crippen molar-refractivity contribution in [2.24, 2.45) is 0 Å². The largest absolute Gasteiger partial charge is 0.394 e. The summed E-state index contributed by atoms with van der Waals surface area (Å²) in [4.78, 5) is 30.7. The van der Waals surface area contributed by atoms with Gasteiger partial charge in [-0.2, -0.15) is 4.98 Å². The predicted molar refractivity (Wildman–Crippen MR) is 74.4 cm³/mol. The van der Waals surface area contributed by atoms with Crippen molar-refractivity contribution >= 4 is 11.0 Å². The molecular weight excluding hydrogens is 294 g/mol. The van der Waals surface area contributed by atoms with Crippen LogP contribution in [0.1, 0.15) is 11.8 Å². The maximum Gasteiger partial charge on any atom is 0.351 e. The normalized spacial score (nSPS) is 28.4. The van der Waals surface area contributed by atoms with Gasteiger partial charge in [-0.1, -0.05) is 0 Å². The van der Waals surface area contributed by atoms with E-state index in [0.29, 0.717) is 5.56 Å². The summed E-state index contributed by atoms with van der Waals surface area (Å²) in [5.41, 5.74) is -0.479. The van der Waals surface area contributed by atoms with Crippen molar-refractivity contribution in [2.45, 2.75) is 31.5 Å². The van der Waals surface area contributed by atoms with Gasteiger partial charge in [-0.25, -0.2) is 4.79 Å². The summed E-state index contributed by atoms with van der Waals surface area (Å²) in [5, 5.41) is 29.0. The highest BCUT2D eigenvalue weighted by Gasteiger charge is 2.43. The Hall–Kier alpha value is -2.07. The van der Waals surface area contributed by atoms with Gasteiger partial charge in [0.05, 0.1) is 12.0 Å². The first-order valence-corrected chi connectivity index (χ1v) is 6.67. The number of nitrogens with zero attached hydrogens (tertiary/aromatic N) is 2. The lowest BCUT2D eigenvalue weighted by molar-refractivity contribution is -0.0547. The maximum absolute atomic E-state index is 12.1. The molecule has 3 heterocycles. The average molecular weight is 309 g/mol. The molecule has 2 aromatic rings. The van der Waals surface area contributed by atoms with E-state index in [-0.39, 0.29) is 16.5 Å². The molecule has 0 radical (unpaired) electrons. The van der Waals surface area contributed by atoms with E-state index in [1.54, 1.807) is 6.92 Å². The van der Waals surface area contributed by atoms with Crippen LogP contribution in [0.3, 0.4) is 0 Å². The monoisotopic (exact) mass is 309 g/mol. The van der Waals surface area contributed by atoms with Crippen LogP contribution in [0, 0.1) is 6.92 Å². The molecule has 1 aliphatic rings. The Bertz CT molecular complexity index is 829. The molecule has 9 heteroatoms. The highest BCUT2D eigenvalue weighted by atomic mass is 16.6. The zero-order valence-electron chi connectivity index (χ0n) is 11.6. The zero-order chi connectivity index (χ0) is 16.0. The SMILES string of the molecule is Cc1c[nH]c2nc(=O)n([C@@H]3O[C@H](CO)C(O)[C@@H]3O)cc2c1=O. The van der Waals surface area contributed by atoms with E-state index in [1.807, 2.05) is 0 Å². The number of aliphatic hydroxyl groups excluding tert-OH is 3. The summed E-state index contributed by atoms with van der Waals surface area (Å²) in [7, 11) is 0. The fourth-order valence-electron chi connectivity index (χ4n) is 2.49. The van der Waals surface area contributed by atoms with Gasteiger partial charge in [-0.3, -0.25) is 9.36 Å². The van der Waals surface area contributed by atoms with Crippen molar-refractivity contribution < 1.29 is 20.1 Å². The fraction of sp³-hybridized carbons (Fsp3) is 0.462. The Morgan fingerprint density at radius 3 is 2.73 bits per heavy atom. The van der Waals surface area contributed by atoms with E-state index in [4.69, 9.17) is 9.84 Å². The molecule has 9 nitrogen and oxygen atoms in total. The molecular formula is C13H15N3O6. The molecule has 3 rings (SSSR count).